The molecule has 0 aromatic heterocycles. The topological polar surface area (TPSA) is 473 Å². The van der Waals surface area contributed by atoms with E-state index >= 15 is 4.79 Å². The molecule has 30 nitrogen and oxygen atoms in total. The van der Waals surface area contributed by atoms with Crippen molar-refractivity contribution in [1.82, 2.24) is 0 Å². The molecular weight excluding hydrogens is 1210 g/mol. The third-order valence-electron chi connectivity index (χ3n) is 23.4. The smallest absolute Gasteiger partial charge is 0.335 e. The van der Waals surface area contributed by atoms with Crippen molar-refractivity contribution < 1.29 is 148 Å². The molecule has 0 radical (unpaired) electrons. The Morgan fingerprint density at radius 1 is 0.538 bits per heavy atom. The minimum Gasteiger partial charge on any atom is -0.481 e. The first-order valence-corrected chi connectivity index (χ1v) is 31.6. The van der Waals surface area contributed by atoms with Crippen molar-refractivity contribution in [3.63, 3.8) is 0 Å². The number of ether oxygens (including phenoxy) is 11. The molecule has 5 heterocycles. The van der Waals surface area contributed by atoms with Gasteiger partial charge in [-0.1, -0.05) is 46.3 Å². The number of aliphatic hydroxyl groups is 13. The van der Waals surface area contributed by atoms with Crippen molar-refractivity contribution >= 4 is 23.9 Å². The summed E-state index contributed by atoms with van der Waals surface area (Å²) in [6, 6.07) is 0. The summed E-state index contributed by atoms with van der Waals surface area (Å²) in [5, 5.41) is 163. The molecular formula is C61H94O30. The fourth-order valence-corrected chi connectivity index (χ4v) is 18.1. The van der Waals surface area contributed by atoms with Crippen LogP contribution in [0.15, 0.2) is 11.6 Å². The fraction of sp³-hybridized carbons (Fsp3) is 0.902. The van der Waals surface area contributed by atoms with Crippen molar-refractivity contribution in [2.45, 2.75) is 280 Å². The van der Waals surface area contributed by atoms with Gasteiger partial charge in [0.2, 0.25) is 6.29 Å². The number of aliphatic carboxylic acids is 2. The Morgan fingerprint density at radius 3 is 1.67 bits per heavy atom. The largest absolute Gasteiger partial charge is 0.481 e. The number of carbonyl (C=O) groups excluding carboxylic acids is 2. The van der Waals surface area contributed by atoms with Gasteiger partial charge in [0.15, 0.2) is 43.5 Å². The molecule has 5 saturated heterocycles. The minimum atomic E-state index is -2.08. The van der Waals surface area contributed by atoms with Gasteiger partial charge in [-0.25, -0.2) is 4.79 Å². The van der Waals surface area contributed by atoms with E-state index in [0.29, 0.717) is 44.9 Å². The Morgan fingerprint density at radius 2 is 1.08 bits per heavy atom. The summed E-state index contributed by atoms with van der Waals surface area (Å²) in [6.07, 6.45) is -40.6. The third-order valence-corrected chi connectivity index (χ3v) is 23.4. The van der Waals surface area contributed by atoms with E-state index in [-0.39, 0.29) is 24.2 Å². The zero-order valence-electron chi connectivity index (χ0n) is 52.4. The maximum absolute atomic E-state index is 16.0. The van der Waals surface area contributed by atoms with Crippen LogP contribution in [0.2, 0.25) is 0 Å². The van der Waals surface area contributed by atoms with Crippen LogP contribution >= 0.6 is 0 Å². The van der Waals surface area contributed by atoms with Crippen molar-refractivity contribution in [2.75, 3.05) is 13.2 Å². The van der Waals surface area contributed by atoms with E-state index in [1.807, 2.05) is 6.92 Å². The van der Waals surface area contributed by atoms with E-state index in [9.17, 15) is 91.0 Å². The molecule has 4 saturated carbocycles. The highest BCUT2D eigenvalue weighted by Crippen LogP contribution is 2.76. The van der Waals surface area contributed by atoms with E-state index in [1.54, 1.807) is 0 Å². The van der Waals surface area contributed by atoms with Gasteiger partial charge in [0.25, 0.3) is 0 Å². The van der Waals surface area contributed by atoms with Crippen LogP contribution < -0.4 is 0 Å². The summed E-state index contributed by atoms with van der Waals surface area (Å²) in [6.45, 7) is 14.3. The highest BCUT2D eigenvalue weighted by Gasteiger charge is 2.73. The molecule has 5 aliphatic heterocycles. The summed E-state index contributed by atoms with van der Waals surface area (Å²) >= 11 is 0. The highest BCUT2D eigenvalue weighted by atomic mass is 16.8. The quantitative estimate of drug-likeness (QED) is 0.0447. The van der Waals surface area contributed by atoms with E-state index in [4.69, 9.17) is 52.1 Å². The van der Waals surface area contributed by atoms with Crippen LogP contribution in [0.1, 0.15) is 120 Å². The van der Waals surface area contributed by atoms with Gasteiger partial charge in [-0.2, -0.15) is 0 Å². The number of aliphatic hydroxyl groups excluding tert-OH is 13. The molecule has 0 unspecified atom stereocenters. The van der Waals surface area contributed by atoms with Crippen LogP contribution in [-0.4, -0.2) is 273 Å². The third kappa shape index (κ3) is 11.7. The molecule has 0 spiro atoms. The lowest BCUT2D eigenvalue weighted by atomic mass is 9.33. The van der Waals surface area contributed by atoms with Gasteiger partial charge in [0.1, 0.15) is 91.6 Å². The Balaban J connectivity index is 0.977. The molecule has 15 N–H and O–H groups in total. The number of rotatable bonds is 15. The second-order valence-corrected chi connectivity index (χ2v) is 29.1. The van der Waals surface area contributed by atoms with Gasteiger partial charge < -0.3 is 129 Å². The predicted molar refractivity (Wildman–Crippen MR) is 300 cm³/mol. The van der Waals surface area contributed by atoms with Crippen LogP contribution in [0.4, 0.5) is 0 Å². The lowest BCUT2D eigenvalue weighted by molar-refractivity contribution is -0.387. The van der Waals surface area contributed by atoms with Crippen molar-refractivity contribution in [3.8, 4) is 0 Å². The second kappa shape index (κ2) is 25.6. The van der Waals surface area contributed by atoms with Crippen LogP contribution in [0.5, 0.6) is 0 Å². The number of hydrogen-bond acceptors (Lipinski definition) is 28. The fourth-order valence-electron chi connectivity index (χ4n) is 18.1. The van der Waals surface area contributed by atoms with Crippen LogP contribution in [-0.2, 0) is 71.3 Å². The molecule has 9 fully saturated rings. The number of hydrogen-bond donors (Lipinski definition) is 15. The molecule has 0 amide bonds. The molecule has 518 valence electrons. The minimum absolute atomic E-state index is 0.00262. The van der Waals surface area contributed by atoms with Crippen molar-refractivity contribution in [1.29, 1.82) is 0 Å². The molecule has 5 aliphatic carbocycles. The molecule has 0 bridgehead atoms. The first kappa shape index (κ1) is 70.5. The monoisotopic (exact) mass is 1310 g/mol. The summed E-state index contributed by atoms with van der Waals surface area (Å²) < 4.78 is 66.7. The number of carbonyl (C=O) groups is 4. The molecule has 0 aromatic carbocycles. The average Bonchev–Trinajstić information content (AvgIpc) is 0.935. The van der Waals surface area contributed by atoms with Gasteiger partial charge in [0, 0.05) is 6.92 Å². The molecule has 10 rings (SSSR count). The lowest BCUT2D eigenvalue weighted by Crippen LogP contribution is -2.70. The Bertz CT molecular complexity index is 2700. The van der Waals surface area contributed by atoms with E-state index in [2.05, 4.69) is 33.8 Å². The van der Waals surface area contributed by atoms with E-state index in [1.165, 1.54) is 20.8 Å². The number of allylic oxidation sites excluding steroid dienone is 2. The van der Waals surface area contributed by atoms with E-state index in [0.717, 1.165) is 12.5 Å². The standard InChI is InChI=1S/C61H94O30/c1-22-32(66)43(86-50-39(73)35(69)33(67)28(20-62)84-50)41(75)52(81-22)89-46-45(88-49-38(72)34(68)29(21-63)85-49)42(83-24(3)64)23(2)82-53(46)91-55(80)61-16-14-56(4,5)18-26(61)25-10-11-30-57(6)19-27(65)47(90-51-40(74)36(70)37(71)44(87-51)48(76)77)60(9,54(78)79)31(57)12-13-59(30,8)58(25,7)15-17-61/h10,22-23,26-47,49-53,62-63,65-75H,11-21H2,1-9H3,(H,76,77)(H,78,79)/t22-,23+,26-,27-,28+,29+,30+,31+,32-,33+,34+,35-,36-,37-,38+,39+,40+,41+,42-,43+,44-,45-,46+,47-,49-,50-,51-,52-,53-,57+,58+,59+,60-,61-/m0/s1. The Labute approximate surface area is 525 Å². The van der Waals surface area contributed by atoms with Gasteiger partial charge in [-0.15, -0.1) is 0 Å². The molecule has 10 aliphatic rings. The summed E-state index contributed by atoms with van der Waals surface area (Å²) in [7, 11) is 0. The summed E-state index contributed by atoms with van der Waals surface area (Å²) in [5.74, 6) is -6.08. The molecule has 30 heteroatoms. The summed E-state index contributed by atoms with van der Waals surface area (Å²) in [5.41, 5.74) is -4.73. The lowest BCUT2D eigenvalue weighted by Gasteiger charge is -2.71. The molecule has 34 atom stereocenters. The zero-order chi connectivity index (χ0) is 66.9. The normalized spacial score (nSPS) is 52.9. The van der Waals surface area contributed by atoms with E-state index < -0.39 is 236 Å². The number of fused-ring (bicyclic) bond motifs is 7. The van der Waals surface area contributed by atoms with Gasteiger partial charge >= 0.3 is 23.9 Å². The van der Waals surface area contributed by atoms with Crippen LogP contribution in [0.25, 0.3) is 0 Å². The van der Waals surface area contributed by atoms with Crippen molar-refractivity contribution in [2.24, 2.45) is 50.2 Å². The molecule has 0 aromatic rings. The van der Waals surface area contributed by atoms with Crippen LogP contribution in [0.3, 0.4) is 0 Å². The Kier molecular flexibility index (Phi) is 19.9. The van der Waals surface area contributed by atoms with Gasteiger partial charge in [-0.05, 0) is 118 Å². The molecule has 91 heavy (non-hydrogen) atoms. The van der Waals surface area contributed by atoms with Gasteiger partial charge in [0.05, 0.1) is 42.4 Å². The predicted octanol–water partition coefficient (Wildman–Crippen LogP) is -2.82. The average molecular weight is 1310 g/mol. The van der Waals surface area contributed by atoms with Crippen LogP contribution in [0, 0.1) is 50.2 Å². The SMILES string of the molecule is CC(=O)O[C@@H]1[C@H](O[C@@H]2O[C@H](CO)[C@@H](O)[C@H]2O)[C@@H](O[C@@H]2O[C@@H](C)[C@H](O)[C@@H](O[C@@H]3O[C@H](CO)[C@@H](O)[C@H](O)[C@H]3O)[C@H]2O)[C@H](OC(=O)[C@]23CCC(C)(C)C[C@H]2C2=CC[C@@H]4[C@@]5(C)C[C@H](O)[C@H](O[C@@H]6O[C@H](C(=O)O)[C@@H](O)[C@H](O)[C@H]6O)[C@@](C)(C(=O)O)[C@@H]5CC[C@@]4(C)[C@]2(C)CC3)O[C@@H]1C. The first-order valence-electron chi connectivity index (χ1n) is 31.6. The number of carboxylic acid groups (broad SMARTS) is 2. The Hall–Kier alpha value is -3.26. The second-order valence-electron chi connectivity index (χ2n) is 29.1. The van der Waals surface area contributed by atoms with Gasteiger partial charge in [-0.3, -0.25) is 14.4 Å². The first-order chi connectivity index (χ1) is 42.5. The highest BCUT2D eigenvalue weighted by molar-refractivity contribution is 5.79. The maximum atomic E-state index is 16.0. The maximum Gasteiger partial charge on any atom is 0.335 e. The number of carboxylic acids is 2. The zero-order valence-corrected chi connectivity index (χ0v) is 52.4. The van der Waals surface area contributed by atoms with Crippen molar-refractivity contribution in [3.05, 3.63) is 11.6 Å². The number of esters is 2. The summed E-state index contributed by atoms with van der Waals surface area (Å²) in [4.78, 5) is 54.9.